The minimum Gasteiger partial charge on any atom is -0.336 e. The molecule has 6 nitrogen and oxygen atoms in total. The Kier molecular flexibility index (Phi) is 7.51. The standard InChI is InChI=1S/C23H23FN4O2S2/c24-17-5-7-18(8-6-17)26-22(29)13-27-9-11-28(12-10-27)23(30)20-3-1-2-4-21(20)32-15-19-14-31-16-25-19/h1-8,14,16H,9-13,15H2,(H,26,29). The van der Waals surface area contributed by atoms with E-state index in [1.165, 1.54) is 24.3 Å². The van der Waals surface area contributed by atoms with Gasteiger partial charge in [-0.1, -0.05) is 12.1 Å². The van der Waals surface area contributed by atoms with Crippen LogP contribution in [0.15, 0.2) is 64.3 Å². The van der Waals surface area contributed by atoms with Gasteiger partial charge in [-0.25, -0.2) is 9.37 Å². The topological polar surface area (TPSA) is 65.5 Å². The Balaban J connectivity index is 1.29. The lowest BCUT2D eigenvalue weighted by Gasteiger charge is -2.34. The second-order valence-corrected chi connectivity index (χ2v) is 9.12. The predicted molar refractivity (Wildman–Crippen MR) is 125 cm³/mol. The molecular formula is C23H23FN4O2S2. The van der Waals surface area contributed by atoms with Gasteiger partial charge < -0.3 is 10.2 Å². The van der Waals surface area contributed by atoms with Gasteiger partial charge in [-0.2, -0.15) is 0 Å². The smallest absolute Gasteiger partial charge is 0.255 e. The van der Waals surface area contributed by atoms with Crippen LogP contribution in [0.1, 0.15) is 16.1 Å². The van der Waals surface area contributed by atoms with E-state index in [9.17, 15) is 14.0 Å². The van der Waals surface area contributed by atoms with Gasteiger partial charge in [-0.15, -0.1) is 23.1 Å². The third-order valence-corrected chi connectivity index (χ3v) is 6.87. The van der Waals surface area contributed by atoms with Crippen LogP contribution < -0.4 is 5.32 Å². The average molecular weight is 471 g/mol. The van der Waals surface area contributed by atoms with Gasteiger partial charge in [-0.3, -0.25) is 14.5 Å². The Morgan fingerprint density at radius 2 is 1.81 bits per heavy atom. The van der Waals surface area contributed by atoms with E-state index in [0.29, 0.717) is 37.4 Å². The zero-order valence-electron chi connectivity index (χ0n) is 17.4. The number of thiazole rings is 1. The highest BCUT2D eigenvalue weighted by Crippen LogP contribution is 2.27. The number of nitrogens with one attached hydrogen (secondary N) is 1. The first-order valence-corrected chi connectivity index (χ1v) is 12.2. The van der Waals surface area contributed by atoms with E-state index >= 15 is 0 Å². The van der Waals surface area contributed by atoms with Crippen molar-refractivity contribution in [2.24, 2.45) is 0 Å². The number of benzene rings is 2. The summed E-state index contributed by atoms with van der Waals surface area (Å²) in [6.07, 6.45) is 0. The number of carbonyl (C=O) groups excluding carboxylic acids is 2. The number of carbonyl (C=O) groups is 2. The molecule has 2 aromatic carbocycles. The fourth-order valence-corrected chi connectivity index (χ4v) is 5.06. The number of amides is 2. The van der Waals surface area contributed by atoms with Gasteiger partial charge in [0.2, 0.25) is 5.91 Å². The summed E-state index contributed by atoms with van der Waals surface area (Å²) in [7, 11) is 0. The van der Waals surface area contributed by atoms with Crippen molar-refractivity contribution in [2.75, 3.05) is 38.0 Å². The second-order valence-electron chi connectivity index (χ2n) is 7.39. The van der Waals surface area contributed by atoms with Crippen LogP contribution in [0.2, 0.25) is 0 Å². The van der Waals surface area contributed by atoms with Crippen molar-refractivity contribution in [1.82, 2.24) is 14.8 Å². The first-order valence-electron chi connectivity index (χ1n) is 10.2. The molecular weight excluding hydrogens is 447 g/mol. The van der Waals surface area contributed by atoms with Crippen molar-refractivity contribution >= 4 is 40.6 Å². The molecule has 4 rings (SSSR count). The maximum Gasteiger partial charge on any atom is 0.255 e. The lowest BCUT2D eigenvalue weighted by atomic mass is 10.2. The third kappa shape index (κ3) is 5.93. The fraction of sp³-hybridized carbons (Fsp3) is 0.261. The van der Waals surface area contributed by atoms with Gasteiger partial charge in [0, 0.05) is 47.9 Å². The number of hydrogen-bond donors (Lipinski definition) is 1. The first-order chi connectivity index (χ1) is 15.6. The first kappa shape index (κ1) is 22.4. The number of aromatic nitrogens is 1. The second kappa shape index (κ2) is 10.7. The van der Waals surface area contributed by atoms with Crippen molar-refractivity contribution in [3.8, 4) is 0 Å². The summed E-state index contributed by atoms with van der Waals surface area (Å²) in [5.74, 6) is 0.249. The molecule has 2 amide bonds. The average Bonchev–Trinajstić information content (AvgIpc) is 3.33. The van der Waals surface area contributed by atoms with Gasteiger partial charge in [-0.05, 0) is 36.4 Å². The molecule has 3 aromatic rings. The van der Waals surface area contributed by atoms with E-state index in [-0.39, 0.29) is 24.2 Å². The summed E-state index contributed by atoms with van der Waals surface area (Å²) in [6, 6.07) is 13.4. The number of thioether (sulfide) groups is 1. The zero-order chi connectivity index (χ0) is 22.3. The molecule has 32 heavy (non-hydrogen) atoms. The minimum absolute atomic E-state index is 0.0155. The van der Waals surface area contributed by atoms with Crippen molar-refractivity contribution in [2.45, 2.75) is 10.6 Å². The van der Waals surface area contributed by atoms with Crippen LogP contribution in [0.25, 0.3) is 0 Å². The number of halogens is 1. The van der Waals surface area contributed by atoms with Gasteiger partial charge in [0.1, 0.15) is 5.82 Å². The maximum absolute atomic E-state index is 13.2. The molecule has 9 heteroatoms. The highest BCUT2D eigenvalue weighted by molar-refractivity contribution is 7.98. The van der Waals surface area contributed by atoms with E-state index in [1.807, 2.05) is 45.0 Å². The normalized spacial score (nSPS) is 14.3. The molecule has 0 radical (unpaired) electrons. The van der Waals surface area contributed by atoms with E-state index < -0.39 is 0 Å². The number of hydrogen-bond acceptors (Lipinski definition) is 6. The Morgan fingerprint density at radius 3 is 2.53 bits per heavy atom. The highest BCUT2D eigenvalue weighted by Gasteiger charge is 2.24. The molecule has 1 saturated heterocycles. The van der Waals surface area contributed by atoms with Crippen molar-refractivity contribution < 1.29 is 14.0 Å². The quantitative estimate of drug-likeness (QED) is 0.530. The molecule has 1 aliphatic rings. The van der Waals surface area contributed by atoms with Crippen LogP contribution in [0.3, 0.4) is 0 Å². The summed E-state index contributed by atoms with van der Waals surface area (Å²) in [5.41, 5.74) is 4.09. The van der Waals surface area contributed by atoms with Crippen LogP contribution in [-0.2, 0) is 10.5 Å². The van der Waals surface area contributed by atoms with Crippen LogP contribution >= 0.6 is 23.1 Å². The fourth-order valence-electron chi connectivity index (χ4n) is 3.45. The van der Waals surface area contributed by atoms with E-state index in [2.05, 4.69) is 10.3 Å². The van der Waals surface area contributed by atoms with Crippen molar-refractivity contribution in [3.63, 3.8) is 0 Å². The Morgan fingerprint density at radius 1 is 1.06 bits per heavy atom. The molecule has 166 valence electrons. The Hall–Kier alpha value is -2.75. The lowest BCUT2D eigenvalue weighted by Crippen LogP contribution is -2.50. The summed E-state index contributed by atoms with van der Waals surface area (Å²) in [6.45, 7) is 2.61. The molecule has 0 saturated carbocycles. The van der Waals surface area contributed by atoms with Crippen LogP contribution in [0.4, 0.5) is 10.1 Å². The molecule has 0 bridgehead atoms. The molecule has 1 aromatic heterocycles. The molecule has 0 unspecified atom stereocenters. The number of rotatable bonds is 7. The molecule has 0 spiro atoms. The summed E-state index contributed by atoms with van der Waals surface area (Å²) in [5, 5.41) is 4.79. The molecule has 0 aliphatic carbocycles. The number of anilines is 1. The van der Waals surface area contributed by atoms with E-state index in [4.69, 9.17) is 0 Å². The van der Waals surface area contributed by atoms with E-state index in [0.717, 1.165) is 16.3 Å². The highest BCUT2D eigenvalue weighted by atomic mass is 32.2. The summed E-state index contributed by atoms with van der Waals surface area (Å²) >= 11 is 3.18. The number of nitrogens with zero attached hydrogens (tertiary/aromatic N) is 3. The lowest BCUT2D eigenvalue weighted by molar-refractivity contribution is -0.117. The molecule has 1 fully saturated rings. The van der Waals surface area contributed by atoms with E-state index in [1.54, 1.807) is 23.1 Å². The minimum atomic E-state index is -0.341. The molecule has 2 heterocycles. The third-order valence-electron chi connectivity index (χ3n) is 5.13. The summed E-state index contributed by atoms with van der Waals surface area (Å²) in [4.78, 5) is 34.6. The molecule has 1 aliphatic heterocycles. The molecule has 1 N–H and O–H groups in total. The van der Waals surface area contributed by atoms with Crippen molar-refractivity contribution in [3.05, 3.63) is 76.5 Å². The van der Waals surface area contributed by atoms with Crippen LogP contribution in [-0.4, -0.2) is 59.3 Å². The largest absolute Gasteiger partial charge is 0.336 e. The Labute approximate surface area is 194 Å². The zero-order valence-corrected chi connectivity index (χ0v) is 19.0. The van der Waals surface area contributed by atoms with Gasteiger partial charge in [0.15, 0.2) is 0 Å². The van der Waals surface area contributed by atoms with Crippen LogP contribution in [0.5, 0.6) is 0 Å². The van der Waals surface area contributed by atoms with Gasteiger partial charge >= 0.3 is 0 Å². The number of piperazine rings is 1. The van der Waals surface area contributed by atoms with Crippen molar-refractivity contribution in [1.29, 1.82) is 0 Å². The SMILES string of the molecule is O=C(CN1CCN(C(=O)c2ccccc2SCc2cscn2)CC1)Nc1ccc(F)cc1. The summed E-state index contributed by atoms with van der Waals surface area (Å²) < 4.78 is 13.0. The Bertz CT molecular complexity index is 1050. The monoisotopic (exact) mass is 470 g/mol. The molecule has 0 atom stereocenters. The van der Waals surface area contributed by atoms with Gasteiger partial charge in [0.05, 0.1) is 23.3 Å². The predicted octanol–water partition coefficient (Wildman–Crippen LogP) is 3.97. The van der Waals surface area contributed by atoms with Gasteiger partial charge in [0.25, 0.3) is 5.91 Å². The van der Waals surface area contributed by atoms with Crippen LogP contribution in [0, 0.1) is 5.82 Å². The maximum atomic E-state index is 13.2.